The maximum absolute atomic E-state index is 6.03. The molecule has 0 amide bonds. The van der Waals surface area contributed by atoms with Crippen molar-refractivity contribution in [3.63, 3.8) is 0 Å². The van der Waals surface area contributed by atoms with Crippen molar-refractivity contribution in [3.8, 4) is 17.3 Å². The van der Waals surface area contributed by atoms with Gasteiger partial charge >= 0.3 is 0 Å². The monoisotopic (exact) mass is 327 g/mol. The SMILES string of the molecule is c1ccc2c(c1)nc(Oc1ccc(-n3cccn3)cc1)c1cncn12. The first kappa shape index (κ1) is 13.7. The Bertz CT molecular complexity index is 1160. The summed E-state index contributed by atoms with van der Waals surface area (Å²) < 4.78 is 9.81. The fourth-order valence-electron chi connectivity index (χ4n) is 2.85. The first-order valence-corrected chi connectivity index (χ1v) is 7.87. The molecule has 3 aromatic heterocycles. The molecule has 0 saturated carbocycles. The molecule has 2 aromatic carbocycles. The number of fused-ring (bicyclic) bond motifs is 3. The average Bonchev–Trinajstić information content (AvgIpc) is 3.35. The molecule has 0 aliphatic carbocycles. The molecule has 3 heterocycles. The predicted molar refractivity (Wildman–Crippen MR) is 94.1 cm³/mol. The van der Waals surface area contributed by atoms with Gasteiger partial charge in [-0.05, 0) is 42.5 Å². The molecule has 0 spiro atoms. The van der Waals surface area contributed by atoms with Crippen molar-refractivity contribution < 1.29 is 4.74 Å². The fourth-order valence-corrected chi connectivity index (χ4v) is 2.85. The van der Waals surface area contributed by atoms with Crippen molar-refractivity contribution in [2.75, 3.05) is 0 Å². The van der Waals surface area contributed by atoms with Gasteiger partial charge in [0.25, 0.3) is 0 Å². The number of ether oxygens (including phenoxy) is 1. The Kier molecular flexibility index (Phi) is 3.00. The lowest BCUT2D eigenvalue weighted by atomic mass is 10.3. The van der Waals surface area contributed by atoms with Crippen LogP contribution < -0.4 is 4.74 Å². The van der Waals surface area contributed by atoms with Gasteiger partial charge in [0.15, 0.2) is 0 Å². The van der Waals surface area contributed by atoms with E-state index in [1.54, 1.807) is 23.4 Å². The summed E-state index contributed by atoms with van der Waals surface area (Å²) in [6, 6.07) is 17.5. The minimum Gasteiger partial charge on any atom is -0.437 e. The molecule has 0 saturated heterocycles. The molecule has 0 aliphatic heterocycles. The highest BCUT2D eigenvalue weighted by atomic mass is 16.5. The van der Waals surface area contributed by atoms with Gasteiger partial charge < -0.3 is 4.74 Å². The molecule has 0 atom stereocenters. The van der Waals surface area contributed by atoms with Crippen LogP contribution in [0.1, 0.15) is 0 Å². The summed E-state index contributed by atoms with van der Waals surface area (Å²) in [5.74, 6) is 1.24. The van der Waals surface area contributed by atoms with Gasteiger partial charge in [0.05, 0.1) is 29.2 Å². The Morgan fingerprint density at radius 1 is 0.880 bits per heavy atom. The van der Waals surface area contributed by atoms with Gasteiger partial charge in [-0.25, -0.2) is 14.6 Å². The van der Waals surface area contributed by atoms with Crippen LogP contribution in [-0.4, -0.2) is 24.1 Å². The van der Waals surface area contributed by atoms with Crippen molar-refractivity contribution >= 4 is 16.6 Å². The highest BCUT2D eigenvalue weighted by Crippen LogP contribution is 2.28. The molecule has 5 aromatic rings. The molecular formula is C19H13N5O. The van der Waals surface area contributed by atoms with E-state index in [4.69, 9.17) is 4.74 Å². The van der Waals surface area contributed by atoms with E-state index in [1.807, 2.05) is 65.2 Å². The van der Waals surface area contributed by atoms with Gasteiger partial charge in [-0.3, -0.25) is 4.40 Å². The first-order valence-electron chi connectivity index (χ1n) is 7.87. The Balaban J connectivity index is 1.56. The zero-order valence-corrected chi connectivity index (χ0v) is 13.1. The maximum atomic E-state index is 6.03. The van der Waals surface area contributed by atoms with Crippen LogP contribution >= 0.6 is 0 Å². The highest BCUT2D eigenvalue weighted by molar-refractivity contribution is 5.80. The van der Waals surface area contributed by atoms with Gasteiger partial charge in [0.2, 0.25) is 5.88 Å². The Hall–Kier alpha value is -3.67. The number of hydrogen-bond donors (Lipinski definition) is 0. The second-order valence-corrected chi connectivity index (χ2v) is 5.60. The lowest BCUT2D eigenvalue weighted by molar-refractivity contribution is 0.468. The molecule has 25 heavy (non-hydrogen) atoms. The molecular weight excluding hydrogens is 314 g/mol. The normalized spacial score (nSPS) is 11.2. The minimum absolute atomic E-state index is 0.531. The Labute approximate surface area is 143 Å². The van der Waals surface area contributed by atoms with E-state index in [0.29, 0.717) is 11.6 Å². The van der Waals surface area contributed by atoms with Gasteiger partial charge in [-0.15, -0.1) is 0 Å². The topological polar surface area (TPSA) is 57.2 Å². The van der Waals surface area contributed by atoms with Crippen molar-refractivity contribution in [1.29, 1.82) is 0 Å². The van der Waals surface area contributed by atoms with Gasteiger partial charge in [-0.2, -0.15) is 5.10 Å². The number of aromatic nitrogens is 5. The lowest BCUT2D eigenvalue weighted by Crippen LogP contribution is -1.96. The van der Waals surface area contributed by atoms with E-state index in [2.05, 4.69) is 15.1 Å². The van der Waals surface area contributed by atoms with Crippen LogP contribution in [0.3, 0.4) is 0 Å². The molecule has 6 nitrogen and oxygen atoms in total. The molecule has 0 radical (unpaired) electrons. The number of benzene rings is 2. The van der Waals surface area contributed by atoms with Gasteiger partial charge in [0.1, 0.15) is 11.3 Å². The standard InChI is InChI=1S/C19H13N5O/c1-2-5-17-16(4-1)22-19(18-12-20-13-23(17)18)25-15-8-6-14(7-9-15)24-11-3-10-21-24/h1-13H. The Morgan fingerprint density at radius 2 is 1.76 bits per heavy atom. The van der Waals surface area contributed by atoms with E-state index < -0.39 is 0 Å². The average molecular weight is 327 g/mol. The summed E-state index contributed by atoms with van der Waals surface area (Å²) in [5.41, 5.74) is 3.65. The largest absolute Gasteiger partial charge is 0.437 e. The van der Waals surface area contributed by atoms with Crippen molar-refractivity contribution in [2.45, 2.75) is 0 Å². The summed E-state index contributed by atoms with van der Waals surface area (Å²) in [4.78, 5) is 8.88. The molecule has 0 N–H and O–H groups in total. The van der Waals surface area contributed by atoms with E-state index in [9.17, 15) is 0 Å². The third kappa shape index (κ3) is 2.31. The fraction of sp³-hybridized carbons (Fsp3) is 0. The maximum Gasteiger partial charge on any atom is 0.246 e. The number of nitrogens with zero attached hydrogens (tertiary/aromatic N) is 5. The number of imidazole rings is 1. The van der Waals surface area contributed by atoms with Crippen LogP contribution in [0.2, 0.25) is 0 Å². The zero-order chi connectivity index (χ0) is 16.6. The molecule has 0 aliphatic rings. The zero-order valence-electron chi connectivity index (χ0n) is 13.1. The second kappa shape index (κ2) is 5.45. The van der Waals surface area contributed by atoms with Crippen LogP contribution in [0, 0.1) is 0 Å². The summed E-state index contributed by atoms with van der Waals surface area (Å²) in [7, 11) is 0. The molecule has 5 rings (SSSR count). The smallest absolute Gasteiger partial charge is 0.246 e. The summed E-state index contributed by atoms with van der Waals surface area (Å²) in [6.07, 6.45) is 7.18. The van der Waals surface area contributed by atoms with E-state index in [0.717, 1.165) is 22.2 Å². The van der Waals surface area contributed by atoms with Crippen molar-refractivity contribution in [3.05, 3.63) is 79.5 Å². The van der Waals surface area contributed by atoms with Crippen LogP contribution in [0.15, 0.2) is 79.5 Å². The van der Waals surface area contributed by atoms with E-state index >= 15 is 0 Å². The molecule has 0 fully saturated rings. The summed E-state index contributed by atoms with van der Waals surface area (Å²) in [6.45, 7) is 0. The molecule has 0 unspecified atom stereocenters. The van der Waals surface area contributed by atoms with Crippen LogP contribution in [0.25, 0.3) is 22.2 Å². The summed E-state index contributed by atoms with van der Waals surface area (Å²) in [5, 5.41) is 4.22. The Morgan fingerprint density at radius 3 is 2.60 bits per heavy atom. The van der Waals surface area contributed by atoms with Gasteiger partial charge in [-0.1, -0.05) is 12.1 Å². The minimum atomic E-state index is 0.531. The second-order valence-electron chi connectivity index (χ2n) is 5.60. The highest BCUT2D eigenvalue weighted by Gasteiger charge is 2.10. The van der Waals surface area contributed by atoms with Gasteiger partial charge in [0, 0.05) is 12.4 Å². The van der Waals surface area contributed by atoms with E-state index in [1.165, 1.54) is 0 Å². The lowest BCUT2D eigenvalue weighted by Gasteiger charge is -2.09. The van der Waals surface area contributed by atoms with Crippen LogP contribution in [-0.2, 0) is 0 Å². The van der Waals surface area contributed by atoms with Crippen molar-refractivity contribution in [2.24, 2.45) is 0 Å². The van der Waals surface area contributed by atoms with Crippen LogP contribution in [0.5, 0.6) is 11.6 Å². The third-order valence-electron chi connectivity index (χ3n) is 4.04. The quantitative estimate of drug-likeness (QED) is 0.505. The van der Waals surface area contributed by atoms with E-state index in [-0.39, 0.29) is 0 Å². The first-order chi connectivity index (χ1) is 12.4. The van der Waals surface area contributed by atoms with Crippen LogP contribution in [0.4, 0.5) is 0 Å². The van der Waals surface area contributed by atoms with Crippen molar-refractivity contribution in [1.82, 2.24) is 24.1 Å². The number of para-hydroxylation sites is 2. The summed E-state index contributed by atoms with van der Waals surface area (Å²) >= 11 is 0. The molecule has 6 heteroatoms. The third-order valence-corrected chi connectivity index (χ3v) is 4.04. The predicted octanol–water partition coefficient (Wildman–Crippen LogP) is 3.86. The molecule has 0 bridgehead atoms. The number of hydrogen-bond acceptors (Lipinski definition) is 4. The molecule has 120 valence electrons. The number of rotatable bonds is 3.